The van der Waals surface area contributed by atoms with E-state index in [1.54, 1.807) is 0 Å². The van der Waals surface area contributed by atoms with E-state index in [4.69, 9.17) is 21.5 Å². The first kappa shape index (κ1) is 23.0. The van der Waals surface area contributed by atoms with Gasteiger partial charge in [0.15, 0.2) is 0 Å². The second kappa shape index (κ2) is 10.1. The number of piperidine rings is 1. The average Bonchev–Trinajstić information content (AvgIpc) is 3.14. The summed E-state index contributed by atoms with van der Waals surface area (Å²) in [5.74, 6) is -2.76. The lowest BCUT2D eigenvalue weighted by atomic mass is 10.0. The van der Waals surface area contributed by atoms with Crippen LogP contribution in [0, 0.1) is 0 Å². The van der Waals surface area contributed by atoms with E-state index in [0.29, 0.717) is 6.04 Å². The number of aromatic amines is 1. The van der Waals surface area contributed by atoms with E-state index in [2.05, 4.69) is 51.7 Å². The zero-order valence-electron chi connectivity index (χ0n) is 16.6. The van der Waals surface area contributed by atoms with Crippen molar-refractivity contribution in [3.63, 3.8) is 0 Å². The fourth-order valence-corrected chi connectivity index (χ4v) is 3.73. The molecule has 0 aliphatic carbocycles. The number of benzene rings is 2. The van der Waals surface area contributed by atoms with Crippen molar-refractivity contribution in [1.82, 2.24) is 9.88 Å². The molecule has 1 saturated heterocycles. The molecule has 31 heavy (non-hydrogen) atoms. The molecule has 0 radical (unpaired) electrons. The lowest BCUT2D eigenvalue weighted by Gasteiger charge is -2.33. The van der Waals surface area contributed by atoms with Crippen molar-refractivity contribution in [1.29, 1.82) is 0 Å². The monoisotopic (exact) mass is 453 g/mol. The van der Waals surface area contributed by atoms with Gasteiger partial charge in [0.2, 0.25) is 0 Å². The number of nitrogens with one attached hydrogen (secondary N) is 2. The number of anilines is 1. The predicted octanol–water partition coefficient (Wildman–Crippen LogP) is 5.53. The van der Waals surface area contributed by atoms with Crippen LogP contribution in [-0.2, 0) is 11.3 Å². The third-order valence-electron chi connectivity index (χ3n) is 5.13. The van der Waals surface area contributed by atoms with Crippen molar-refractivity contribution < 1.29 is 23.1 Å². The van der Waals surface area contributed by atoms with Crippen molar-refractivity contribution in [3.8, 4) is 0 Å². The summed E-state index contributed by atoms with van der Waals surface area (Å²) in [6.07, 6.45) is -0.639. The molecule has 3 aromatic rings. The molecule has 166 valence electrons. The Morgan fingerprint density at radius 2 is 1.74 bits per heavy atom. The maximum absolute atomic E-state index is 10.6. The minimum absolute atomic E-state index is 0.504. The molecule has 4 rings (SSSR count). The Bertz CT molecular complexity index is 1010. The molecule has 2 aromatic carbocycles. The van der Waals surface area contributed by atoms with Gasteiger partial charge in [0, 0.05) is 42.8 Å². The highest BCUT2D eigenvalue weighted by Gasteiger charge is 2.38. The van der Waals surface area contributed by atoms with Crippen molar-refractivity contribution in [2.24, 2.45) is 0 Å². The molecule has 1 fully saturated rings. The van der Waals surface area contributed by atoms with Gasteiger partial charge >= 0.3 is 12.1 Å². The molecule has 0 amide bonds. The molecule has 0 bridgehead atoms. The first-order valence-electron chi connectivity index (χ1n) is 9.82. The Balaban J connectivity index is 0.000000339. The van der Waals surface area contributed by atoms with E-state index in [1.807, 2.05) is 18.2 Å². The van der Waals surface area contributed by atoms with E-state index < -0.39 is 12.1 Å². The number of likely N-dealkylation sites (tertiary alicyclic amines) is 1. The lowest BCUT2D eigenvalue weighted by Crippen LogP contribution is -2.38. The number of H-pyrrole nitrogens is 1. The minimum Gasteiger partial charge on any atom is -0.475 e. The highest BCUT2D eigenvalue weighted by atomic mass is 35.5. The van der Waals surface area contributed by atoms with Crippen LogP contribution >= 0.6 is 11.6 Å². The van der Waals surface area contributed by atoms with E-state index in [1.165, 1.54) is 16.5 Å². The van der Waals surface area contributed by atoms with E-state index >= 15 is 0 Å². The number of halogens is 4. The fraction of sp³-hybridized carbons (Fsp3) is 0.318. The van der Waals surface area contributed by atoms with E-state index in [9.17, 15) is 13.2 Å². The Morgan fingerprint density at radius 1 is 1.13 bits per heavy atom. The largest absolute Gasteiger partial charge is 0.490 e. The molecular weight excluding hydrogens is 431 g/mol. The van der Waals surface area contributed by atoms with Crippen LogP contribution in [0.5, 0.6) is 0 Å². The van der Waals surface area contributed by atoms with Crippen LogP contribution in [0.15, 0.2) is 54.7 Å². The van der Waals surface area contributed by atoms with Gasteiger partial charge in [0.25, 0.3) is 0 Å². The van der Waals surface area contributed by atoms with Crippen LogP contribution in [0.3, 0.4) is 0 Å². The van der Waals surface area contributed by atoms with Crippen LogP contribution in [0.2, 0.25) is 5.02 Å². The SMILES string of the molecule is Clc1ccccc1NC1CCN(Cc2c[nH]c3ccccc23)CC1.O=C(O)C(F)(F)F. The number of aromatic nitrogens is 1. The topological polar surface area (TPSA) is 68.4 Å². The standard InChI is InChI=1S/C20H22ClN3.C2HF3O2/c21-18-6-2-4-8-20(18)23-16-9-11-24(12-10-16)14-15-13-22-19-7-3-1-5-17(15)19;3-2(4,5)1(6)7/h1-8,13,16,22-23H,9-12,14H2;(H,6,7). The minimum atomic E-state index is -5.08. The van der Waals surface area contributed by atoms with Gasteiger partial charge < -0.3 is 15.4 Å². The smallest absolute Gasteiger partial charge is 0.475 e. The Hall–Kier alpha value is -2.71. The zero-order chi connectivity index (χ0) is 22.4. The second-order valence-corrected chi connectivity index (χ2v) is 7.74. The first-order valence-corrected chi connectivity index (χ1v) is 10.2. The number of hydrogen-bond acceptors (Lipinski definition) is 3. The van der Waals surface area contributed by atoms with Crippen molar-refractivity contribution >= 4 is 34.2 Å². The van der Waals surface area contributed by atoms with Crippen LogP contribution in [-0.4, -0.2) is 46.3 Å². The fourth-order valence-electron chi connectivity index (χ4n) is 3.54. The highest BCUT2D eigenvalue weighted by molar-refractivity contribution is 6.33. The molecule has 1 aromatic heterocycles. The third kappa shape index (κ3) is 6.38. The summed E-state index contributed by atoms with van der Waals surface area (Å²) in [7, 11) is 0. The molecule has 0 spiro atoms. The van der Waals surface area contributed by atoms with Gasteiger partial charge in [-0.2, -0.15) is 13.2 Å². The number of nitrogens with zero attached hydrogens (tertiary/aromatic N) is 1. The number of alkyl halides is 3. The predicted molar refractivity (Wildman–Crippen MR) is 115 cm³/mol. The molecular formula is C22H23ClF3N3O2. The zero-order valence-corrected chi connectivity index (χ0v) is 17.4. The molecule has 0 saturated carbocycles. The summed E-state index contributed by atoms with van der Waals surface area (Å²) in [4.78, 5) is 14.8. The number of fused-ring (bicyclic) bond motifs is 1. The average molecular weight is 454 g/mol. The number of hydrogen-bond donors (Lipinski definition) is 3. The van der Waals surface area contributed by atoms with Crippen LogP contribution < -0.4 is 5.32 Å². The summed E-state index contributed by atoms with van der Waals surface area (Å²) in [5, 5.41) is 12.9. The maximum Gasteiger partial charge on any atom is 0.490 e. The number of carboxylic acids is 1. The van der Waals surface area contributed by atoms with Gasteiger partial charge in [-0.05, 0) is 36.6 Å². The normalized spacial score (nSPS) is 15.4. The number of aliphatic carboxylic acids is 1. The lowest BCUT2D eigenvalue weighted by molar-refractivity contribution is -0.192. The summed E-state index contributed by atoms with van der Waals surface area (Å²) in [6, 6.07) is 17.0. The van der Waals surface area contributed by atoms with Gasteiger partial charge in [-0.1, -0.05) is 41.9 Å². The number of carboxylic acid groups (broad SMARTS) is 1. The number of rotatable bonds is 4. The van der Waals surface area contributed by atoms with Crippen molar-refractivity contribution in [2.75, 3.05) is 18.4 Å². The van der Waals surface area contributed by atoms with Gasteiger partial charge in [0.1, 0.15) is 0 Å². The molecule has 9 heteroatoms. The second-order valence-electron chi connectivity index (χ2n) is 7.34. The van der Waals surface area contributed by atoms with Gasteiger partial charge in [-0.3, -0.25) is 4.90 Å². The Labute approximate surface area is 182 Å². The number of para-hydroxylation sites is 2. The van der Waals surface area contributed by atoms with Gasteiger partial charge in [-0.25, -0.2) is 4.79 Å². The summed E-state index contributed by atoms with van der Waals surface area (Å²) < 4.78 is 31.7. The van der Waals surface area contributed by atoms with Gasteiger partial charge in [0.05, 0.1) is 10.7 Å². The summed E-state index contributed by atoms with van der Waals surface area (Å²) in [5.41, 5.74) is 3.67. The highest BCUT2D eigenvalue weighted by Crippen LogP contribution is 2.25. The van der Waals surface area contributed by atoms with E-state index in [0.717, 1.165) is 43.2 Å². The molecule has 0 unspecified atom stereocenters. The van der Waals surface area contributed by atoms with Crippen LogP contribution in [0.4, 0.5) is 18.9 Å². The van der Waals surface area contributed by atoms with Crippen molar-refractivity contribution in [2.45, 2.75) is 31.6 Å². The molecule has 3 N–H and O–H groups in total. The third-order valence-corrected chi connectivity index (χ3v) is 5.46. The maximum atomic E-state index is 10.6. The van der Waals surface area contributed by atoms with E-state index in [-0.39, 0.29) is 0 Å². The molecule has 5 nitrogen and oxygen atoms in total. The quantitative estimate of drug-likeness (QED) is 0.485. The molecule has 1 aliphatic rings. The molecule has 2 heterocycles. The number of carbonyl (C=O) groups is 1. The molecule has 0 atom stereocenters. The van der Waals surface area contributed by atoms with Crippen molar-refractivity contribution in [3.05, 3.63) is 65.3 Å². The van der Waals surface area contributed by atoms with Gasteiger partial charge in [-0.15, -0.1) is 0 Å². The Kier molecular flexibility index (Phi) is 7.46. The summed E-state index contributed by atoms with van der Waals surface area (Å²) >= 11 is 6.25. The molecule has 1 aliphatic heterocycles. The van der Waals surface area contributed by atoms with Crippen LogP contribution in [0.1, 0.15) is 18.4 Å². The first-order chi connectivity index (χ1) is 14.7. The van der Waals surface area contributed by atoms with Crippen LogP contribution in [0.25, 0.3) is 10.9 Å². The Morgan fingerprint density at radius 3 is 2.39 bits per heavy atom. The summed E-state index contributed by atoms with van der Waals surface area (Å²) in [6.45, 7) is 3.24.